The molecule has 0 bridgehead atoms. The molecule has 9 nitrogen and oxygen atoms in total. The summed E-state index contributed by atoms with van der Waals surface area (Å²) in [5.74, 6) is -0.249. The van der Waals surface area contributed by atoms with E-state index in [4.69, 9.17) is 10.5 Å². The van der Waals surface area contributed by atoms with Crippen LogP contribution in [0, 0.1) is 5.82 Å². The van der Waals surface area contributed by atoms with E-state index in [0.717, 1.165) is 0 Å². The summed E-state index contributed by atoms with van der Waals surface area (Å²) in [5, 5.41) is 8.69. The molecule has 0 fully saturated rings. The quantitative estimate of drug-likeness (QED) is 0.415. The SMILES string of the molecule is COc1ccc(CN(C(=O)c2cnc3nc(N)c(Br)cc3c2)C(C)c2ncccc2F)nn1. The molecule has 0 spiro atoms. The van der Waals surface area contributed by atoms with Gasteiger partial charge in [0.05, 0.1) is 41.1 Å². The smallest absolute Gasteiger partial charge is 0.256 e. The number of carbonyl (C=O) groups excluding carboxylic acids is 1. The molecule has 0 saturated heterocycles. The second kappa shape index (κ2) is 9.41. The van der Waals surface area contributed by atoms with Crippen LogP contribution in [0.25, 0.3) is 11.0 Å². The third-order valence-electron chi connectivity index (χ3n) is 5.04. The van der Waals surface area contributed by atoms with Gasteiger partial charge in [-0.25, -0.2) is 14.4 Å². The van der Waals surface area contributed by atoms with Crippen LogP contribution in [0.1, 0.15) is 34.7 Å². The summed E-state index contributed by atoms with van der Waals surface area (Å²) in [4.78, 5) is 27.7. The molecule has 0 radical (unpaired) electrons. The van der Waals surface area contributed by atoms with Gasteiger partial charge in [-0.1, -0.05) is 0 Å². The van der Waals surface area contributed by atoms with Gasteiger partial charge in [-0.05, 0) is 53.2 Å². The van der Waals surface area contributed by atoms with Crippen molar-refractivity contribution in [1.29, 1.82) is 0 Å². The Labute approximate surface area is 197 Å². The van der Waals surface area contributed by atoms with E-state index in [2.05, 4.69) is 41.1 Å². The number of nitrogens with zero attached hydrogens (tertiary/aromatic N) is 6. The third-order valence-corrected chi connectivity index (χ3v) is 5.68. The topological polar surface area (TPSA) is 120 Å². The van der Waals surface area contributed by atoms with E-state index in [0.29, 0.717) is 38.5 Å². The molecule has 2 N–H and O–H groups in total. The highest BCUT2D eigenvalue weighted by atomic mass is 79.9. The predicted octanol–water partition coefficient (Wildman–Crippen LogP) is 3.71. The minimum atomic E-state index is -0.699. The Hall–Kier alpha value is -3.73. The third kappa shape index (κ3) is 4.72. The average Bonchev–Trinajstić information content (AvgIpc) is 2.83. The molecule has 0 saturated carbocycles. The van der Waals surface area contributed by atoms with Crippen LogP contribution in [0.15, 0.2) is 53.3 Å². The van der Waals surface area contributed by atoms with Gasteiger partial charge >= 0.3 is 0 Å². The van der Waals surface area contributed by atoms with Crippen LogP contribution < -0.4 is 10.5 Å². The number of hydrogen-bond acceptors (Lipinski definition) is 8. The lowest BCUT2D eigenvalue weighted by atomic mass is 10.1. The Morgan fingerprint density at radius 3 is 2.76 bits per heavy atom. The van der Waals surface area contributed by atoms with Gasteiger partial charge in [0.15, 0.2) is 5.65 Å². The van der Waals surface area contributed by atoms with E-state index in [1.54, 1.807) is 31.2 Å². The van der Waals surface area contributed by atoms with E-state index in [9.17, 15) is 9.18 Å². The van der Waals surface area contributed by atoms with Gasteiger partial charge in [0, 0.05) is 23.8 Å². The van der Waals surface area contributed by atoms with Crippen LogP contribution in [0.4, 0.5) is 10.2 Å². The second-order valence-electron chi connectivity index (χ2n) is 7.17. The van der Waals surface area contributed by atoms with Crippen LogP contribution >= 0.6 is 15.9 Å². The van der Waals surface area contributed by atoms with Gasteiger partial charge in [0.25, 0.3) is 5.91 Å². The van der Waals surface area contributed by atoms with Gasteiger partial charge < -0.3 is 15.4 Å². The largest absolute Gasteiger partial charge is 0.480 e. The lowest BCUT2D eigenvalue weighted by molar-refractivity contribution is 0.0663. The second-order valence-corrected chi connectivity index (χ2v) is 8.03. The van der Waals surface area contributed by atoms with Crippen molar-refractivity contribution in [3.63, 3.8) is 0 Å². The van der Waals surface area contributed by atoms with Gasteiger partial charge in [-0.15, -0.1) is 5.10 Å². The maximum Gasteiger partial charge on any atom is 0.256 e. The summed E-state index contributed by atoms with van der Waals surface area (Å²) >= 11 is 3.34. The molecule has 4 aromatic heterocycles. The number of nitrogen functional groups attached to an aromatic ring is 1. The number of anilines is 1. The Kier molecular flexibility index (Phi) is 6.40. The van der Waals surface area contributed by atoms with E-state index in [-0.39, 0.29) is 18.1 Å². The summed E-state index contributed by atoms with van der Waals surface area (Å²) in [6.07, 6.45) is 2.90. The molecular weight excluding hydrogens is 493 g/mol. The highest BCUT2D eigenvalue weighted by Gasteiger charge is 2.27. The lowest BCUT2D eigenvalue weighted by Crippen LogP contribution is -2.34. The molecule has 4 heterocycles. The highest BCUT2D eigenvalue weighted by Crippen LogP contribution is 2.27. The fraction of sp³-hybridized carbons (Fsp3) is 0.182. The molecule has 0 aliphatic rings. The zero-order chi connectivity index (χ0) is 23.5. The molecule has 11 heteroatoms. The number of nitrogens with two attached hydrogens (primary N) is 1. The zero-order valence-corrected chi connectivity index (χ0v) is 19.3. The van der Waals surface area contributed by atoms with Crippen molar-refractivity contribution >= 4 is 38.7 Å². The Morgan fingerprint density at radius 1 is 1.24 bits per heavy atom. The molecule has 0 aliphatic carbocycles. The van der Waals surface area contributed by atoms with E-state index in [1.165, 1.54) is 36.5 Å². The van der Waals surface area contributed by atoms with Crippen molar-refractivity contribution in [2.45, 2.75) is 19.5 Å². The number of rotatable bonds is 6. The van der Waals surface area contributed by atoms with Gasteiger partial charge in [-0.3, -0.25) is 9.78 Å². The Bertz CT molecular complexity index is 1320. The standard InChI is InChI=1S/C22H19BrFN7O2/c1-12(19-17(24)4-3-7-26-19)31(11-15-5-6-18(33-2)30-29-15)22(32)14-8-13-9-16(23)20(25)28-21(13)27-10-14/h3-10,12H,11H2,1-2H3,(H2,25,27,28). The number of ether oxygens (including phenoxy) is 1. The molecule has 1 atom stereocenters. The van der Waals surface area contributed by atoms with Crippen LogP contribution in [-0.2, 0) is 6.54 Å². The van der Waals surface area contributed by atoms with Crippen molar-refractivity contribution in [3.8, 4) is 5.88 Å². The highest BCUT2D eigenvalue weighted by molar-refractivity contribution is 9.10. The van der Waals surface area contributed by atoms with Gasteiger partial charge in [0.1, 0.15) is 11.6 Å². The minimum Gasteiger partial charge on any atom is -0.480 e. The van der Waals surface area contributed by atoms with Crippen molar-refractivity contribution < 1.29 is 13.9 Å². The summed E-state index contributed by atoms with van der Waals surface area (Å²) in [6, 6.07) is 8.84. The number of aromatic nitrogens is 5. The monoisotopic (exact) mass is 511 g/mol. The van der Waals surface area contributed by atoms with Crippen LogP contribution in [-0.4, -0.2) is 43.1 Å². The first-order valence-corrected chi connectivity index (χ1v) is 10.7. The van der Waals surface area contributed by atoms with E-state index < -0.39 is 11.9 Å². The molecule has 1 amide bonds. The summed E-state index contributed by atoms with van der Waals surface area (Å²) in [5.41, 5.74) is 7.16. The first-order valence-electron chi connectivity index (χ1n) is 9.87. The van der Waals surface area contributed by atoms with E-state index >= 15 is 0 Å². The molecule has 1 unspecified atom stereocenters. The molecule has 0 aliphatic heterocycles. The predicted molar refractivity (Wildman–Crippen MR) is 123 cm³/mol. The first kappa shape index (κ1) is 22.5. The summed E-state index contributed by atoms with van der Waals surface area (Å²) in [6.45, 7) is 1.77. The normalized spacial score (nSPS) is 11.9. The number of methoxy groups -OCH3 is 1. The number of halogens is 2. The van der Waals surface area contributed by atoms with Crippen molar-refractivity contribution in [1.82, 2.24) is 30.0 Å². The lowest BCUT2D eigenvalue weighted by Gasteiger charge is -2.29. The summed E-state index contributed by atoms with van der Waals surface area (Å²) < 4.78 is 20.1. The molecule has 33 heavy (non-hydrogen) atoms. The van der Waals surface area contributed by atoms with Crippen LogP contribution in [0.5, 0.6) is 5.88 Å². The maximum absolute atomic E-state index is 14.5. The molecule has 0 aromatic carbocycles. The van der Waals surface area contributed by atoms with Crippen molar-refractivity contribution in [2.24, 2.45) is 0 Å². The molecular formula is C22H19BrFN7O2. The number of fused-ring (bicyclic) bond motifs is 1. The number of hydrogen-bond donors (Lipinski definition) is 1. The Morgan fingerprint density at radius 2 is 2.06 bits per heavy atom. The first-order chi connectivity index (χ1) is 15.9. The minimum absolute atomic E-state index is 0.0642. The molecule has 4 rings (SSSR count). The van der Waals surface area contributed by atoms with Crippen molar-refractivity contribution in [3.05, 3.63) is 76.0 Å². The zero-order valence-electron chi connectivity index (χ0n) is 17.7. The number of amides is 1. The van der Waals surface area contributed by atoms with Crippen LogP contribution in [0.2, 0.25) is 0 Å². The van der Waals surface area contributed by atoms with Gasteiger partial charge in [0.2, 0.25) is 5.88 Å². The van der Waals surface area contributed by atoms with Crippen molar-refractivity contribution in [2.75, 3.05) is 12.8 Å². The maximum atomic E-state index is 14.5. The fourth-order valence-electron chi connectivity index (χ4n) is 3.29. The molecule has 168 valence electrons. The molecule has 4 aromatic rings. The van der Waals surface area contributed by atoms with E-state index in [1.807, 2.05) is 0 Å². The fourth-order valence-corrected chi connectivity index (χ4v) is 3.62. The van der Waals surface area contributed by atoms with Crippen LogP contribution in [0.3, 0.4) is 0 Å². The number of pyridine rings is 3. The average molecular weight is 512 g/mol. The summed E-state index contributed by atoms with van der Waals surface area (Å²) in [7, 11) is 1.49. The Balaban J connectivity index is 1.74. The van der Waals surface area contributed by atoms with Gasteiger partial charge in [-0.2, -0.15) is 5.10 Å². The number of carbonyl (C=O) groups is 1.